The zero-order chi connectivity index (χ0) is 26.3. The lowest BCUT2D eigenvalue weighted by molar-refractivity contribution is -0.104. The fourth-order valence-corrected chi connectivity index (χ4v) is 7.06. The summed E-state index contributed by atoms with van der Waals surface area (Å²) in [6.07, 6.45) is 4.28. The van der Waals surface area contributed by atoms with Crippen LogP contribution in [0.25, 0.3) is 0 Å². The summed E-state index contributed by atoms with van der Waals surface area (Å²) < 4.78 is 52.0. The minimum Gasteiger partial charge on any atom is -0.474 e. The lowest BCUT2D eigenvalue weighted by Crippen LogP contribution is -2.58. The molecule has 2 atom stereocenters. The van der Waals surface area contributed by atoms with Crippen LogP contribution in [0.1, 0.15) is 36.8 Å². The molecule has 1 aromatic heterocycles. The van der Waals surface area contributed by atoms with Gasteiger partial charge in [0.25, 0.3) is 0 Å². The minimum atomic E-state index is -3.46. The molecule has 2 bridgehead atoms. The molecule has 8 nitrogen and oxygen atoms in total. The molecule has 0 amide bonds. The molecule has 2 saturated heterocycles. The lowest BCUT2D eigenvalue weighted by atomic mass is 9.91. The summed E-state index contributed by atoms with van der Waals surface area (Å²) in [5, 5.41) is 2.60. The third-order valence-electron chi connectivity index (χ3n) is 7.64. The van der Waals surface area contributed by atoms with E-state index in [0.717, 1.165) is 25.5 Å². The highest BCUT2D eigenvalue weighted by Crippen LogP contribution is 2.36. The molecule has 0 spiro atoms. The van der Waals surface area contributed by atoms with Crippen molar-refractivity contribution in [2.45, 2.75) is 67.5 Å². The van der Waals surface area contributed by atoms with Crippen LogP contribution in [0.3, 0.4) is 0 Å². The molecule has 2 aliphatic heterocycles. The fourth-order valence-electron chi connectivity index (χ4n) is 5.40. The quantitative estimate of drug-likeness (QED) is 0.451. The van der Waals surface area contributed by atoms with Crippen molar-refractivity contribution in [3.63, 3.8) is 0 Å². The van der Waals surface area contributed by atoms with Gasteiger partial charge in [-0.1, -0.05) is 30.3 Å². The van der Waals surface area contributed by atoms with E-state index in [2.05, 4.69) is 44.5 Å². The van der Waals surface area contributed by atoms with E-state index in [1.54, 1.807) is 0 Å². The standard InChI is InChI=1S/C28H31FN4O4S/c1-18-27(32-26-10-9-24(13-25(26)29)38(34,35)23-7-8-23)30-17-31-28(18)37-22-11-20-15-36-16-21(12-22)33(20)14-19-5-3-2-4-6-19/h2-6,9-10,13,17,20-23H,7-8,11-12,14-16H2,1H3,(H,30,31,32). The molecule has 6 rings (SSSR count). The third kappa shape index (κ3) is 5.12. The molecule has 3 aromatic rings. The van der Waals surface area contributed by atoms with E-state index in [0.29, 0.717) is 43.3 Å². The highest BCUT2D eigenvalue weighted by atomic mass is 32.2. The van der Waals surface area contributed by atoms with Crippen molar-refractivity contribution in [3.05, 3.63) is 71.8 Å². The van der Waals surface area contributed by atoms with Gasteiger partial charge in [-0.25, -0.2) is 22.8 Å². The Morgan fingerprint density at radius 1 is 1.08 bits per heavy atom. The van der Waals surface area contributed by atoms with Gasteiger partial charge in [0.2, 0.25) is 5.88 Å². The number of nitrogens with zero attached hydrogens (tertiary/aromatic N) is 3. The predicted octanol–water partition coefficient (Wildman–Crippen LogP) is 4.41. The zero-order valence-electron chi connectivity index (χ0n) is 21.2. The SMILES string of the molecule is Cc1c(Nc2ccc(S(=O)(=O)C3CC3)cc2F)ncnc1OC1CC2COCC(C1)N2Cc1ccccc1. The van der Waals surface area contributed by atoms with Crippen LogP contribution in [0.4, 0.5) is 15.9 Å². The first kappa shape index (κ1) is 25.2. The molecule has 1 N–H and O–H groups in total. The van der Waals surface area contributed by atoms with E-state index in [-0.39, 0.29) is 34.0 Å². The van der Waals surface area contributed by atoms with E-state index < -0.39 is 15.7 Å². The average molecular weight is 539 g/mol. The maximum atomic E-state index is 14.9. The molecule has 3 aliphatic rings. The Balaban J connectivity index is 1.15. The van der Waals surface area contributed by atoms with Crippen molar-refractivity contribution >= 4 is 21.3 Å². The van der Waals surface area contributed by atoms with Crippen LogP contribution in [-0.2, 0) is 21.1 Å². The van der Waals surface area contributed by atoms with Crippen molar-refractivity contribution < 1.29 is 22.3 Å². The van der Waals surface area contributed by atoms with Crippen molar-refractivity contribution in [1.82, 2.24) is 14.9 Å². The molecule has 2 aromatic carbocycles. The van der Waals surface area contributed by atoms with E-state index in [9.17, 15) is 12.8 Å². The molecule has 0 radical (unpaired) electrons. The van der Waals surface area contributed by atoms with Crippen LogP contribution in [0.5, 0.6) is 5.88 Å². The molecule has 38 heavy (non-hydrogen) atoms. The van der Waals surface area contributed by atoms with Crippen LogP contribution in [0, 0.1) is 12.7 Å². The Morgan fingerprint density at radius 2 is 1.82 bits per heavy atom. The molecular weight excluding hydrogens is 507 g/mol. The van der Waals surface area contributed by atoms with Crippen molar-refractivity contribution in [2.24, 2.45) is 0 Å². The number of anilines is 2. The first-order chi connectivity index (χ1) is 18.4. The number of aromatic nitrogens is 2. The van der Waals surface area contributed by atoms with Crippen LogP contribution in [0.2, 0.25) is 0 Å². The Morgan fingerprint density at radius 3 is 2.50 bits per heavy atom. The number of benzene rings is 2. The summed E-state index contributed by atoms with van der Waals surface area (Å²) in [6, 6.07) is 14.9. The molecule has 3 fully saturated rings. The number of hydrogen-bond acceptors (Lipinski definition) is 8. The van der Waals surface area contributed by atoms with Crippen molar-refractivity contribution in [2.75, 3.05) is 18.5 Å². The first-order valence-electron chi connectivity index (χ1n) is 13.0. The van der Waals surface area contributed by atoms with Gasteiger partial charge in [-0.3, -0.25) is 4.90 Å². The number of fused-ring (bicyclic) bond motifs is 2. The highest BCUT2D eigenvalue weighted by molar-refractivity contribution is 7.92. The number of rotatable bonds is 8. The topological polar surface area (TPSA) is 93.7 Å². The highest BCUT2D eigenvalue weighted by Gasteiger charge is 2.40. The van der Waals surface area contributed by atoms with E-state index in [4.69, 9.17) is 9.47 Å². The molecule has 3 heterocycles. The van der Waals surface area contributed by atoms with Gasteiger partial charge in [-0.05, 0) is 43.5 Å². The Hall–Kier alpha value is -3.08. The Labute approximate surface area is 222 Å². The number of halogens is 1. The molecule has 2 unspecified atom stereocenters. The second-order valence-electron chi connectivity index (χ2n) is 10.4. The van der Waals surface area contributed by atoms with Gasteiger partial charge >= 0.3 is 0 Å². The minimum absolute atomic E-state index is 0.0135. The number of ether oxygens (including phenoxy) is 2. The Kier molecular flexibility index (Phi) is 6.79. The molecule has 10 heteroatoms. The summed E-state index contributed by atoms with van der Waals surface area (Å²) in [5.41, 5.74) is 2.10. The maximum Gasteiger partial charge on any atom is 0.221 e. The van der Waals surface area contributed by atoms with E-state index in [1.807, 2.05) is 13.0 Å². The molecule has 200 valence electrons. The third-order valence-corrected chi connectivity index (χ3v) is 9.90. The van der Waals surface area contributed by atoms with Crippen LogP contribution < -0.4 is 10.1 Å². The van der Waals surface area contributed by atoms with Gasteiger partial charge < -0.3 is 14.8 Å². The van der Waals surface area contributed by atoms with Crippen LogP contribution >= 0.6 is 0 Å². The second kappa shape index (κ2) is 10.2. The van der Waals surface area contributed by atoms with E-state index >= 15 is 0 Å². The lowest BCUT2D eigenvalue weighted by Gasteiger charge is -2.48. The largest absolute Gasteiger partial charge is 0.474 e. The van der Waals surface area contributed by atoms with Gasteiger partial charge in [-0.2, -0.15) is 0 Å². The molecule has 1 saturated carbocycles. The number of morpholine rings is 1. The van der Waals surface area contributed by atoms with E-state index in [1.165, 1.54) is 24.0 Å². The monoisotopic (exact) mass is 538 g/mol. The zero-order valence-corrected chi connectivity index (χ0v) is 22.0. The van der Waals surface area contributed by atoms with Gasteiger partial charge in [0.1, 0.15) is 24.1 Å². The maximum absolute atomic E-state index is 14.9. The van der Waals surface area contributed by atoms with Gasteiger partial charge in [0.15, 0.2) is 9.84 Å². The summed E-state index contributed by atoms with van der Waals surface area (Å²) in [5.74, 6) is 0.221. The number of hydrogen-bond donors (Lipinski definition) is 1. The first-order valence-corrected chi connectivity index (χ1v) is 14.6. The smallest absolute Gasteiger partial charge is 0.221 e. The van der Waals surface area contributed by atoms with Crippen molar-refractivity contribution in [1.29, 1.82) is 0 Å². The van der Waals surface area contributed by atoms with Gasteiger partial charge in [-0.15, -0.1) is 0 Å². The summed E-state index contributed by atoms with van der Waals surface area (Å²) in [7, 11) is -3.46. The van der Waals surface area contributed by atoms with Crippen LogP contribution in [-0.4, -0.2) is 59.9 Å². The second-order valence-corrected chi connectivity index (χ2v) is 12.6. The summed E-state index contributed by atoms with van der Waals surface area (Å²) in [4.78, 5) is 11.2. The Bertz CT molecular complexity index is 1400. The molecule has 1 aliphatic carbocycles. The van der Waals surface area contributed by atoms with Gasteiger partial charge in [0.05, 0.1) is 34.6 Å². The predicted molar refractivity (Wildman–Crippen MR) is 141 cm³/mol. The normalized spacial score (nSPS) is 23.7. The van der Waals surface area contributed by atoms with Gasteiger partial charge in [0, 0.05) is 31.5 Å². The summed E-state index contributed by atoms with van der Waals surface area (Å²) in [6.45, 7) is 4.06. The number of nitrogens with one attached hydrogen (secondary N) is 1. The fraction of sp³-hybridized carbons (Fsp3) is 0.429. The molecular formula is C28H31FN4O4S. The average Bonchev–Trinajstić information content (AvgIpc) is 3.75. The summed E-state index contributed by atoms with van der Waals surface area (Å²) >= 11 is 0. The number of sulfone groups is 1. The van der Waals surface area contributed by atoms with Crippen molar-refractivity contribution in [3.8, 4) is 5.88 Å². The van der Waals surface area contributed by atoms with Crippen LogP contribution in [0.15, 0.2) is 59.8 Å². The number of piperidine rings is 1.